The first-order valence-corrected chi connectivity index (χ1v) is 9.19. The average Bonchev–Trinajstić information content (AvgIpc) is 3.36. The minimum Gasteiger partial charge on any atom is -0.460 e. The number of hydrogen-bond acceptors (Lipinski definition) is 6. The third-order valence-electron chi connectivity index (χ3n) is 4.12. The summed E-state index contributed by atoms with van der Waals surface area (Å²) in [5, 5.41) is 17.5. The van der Waals surface area contributed by atoms with Crippen LogP contribution in [0.4, 0.5) is 15.9 Å². The van der Waals surface area contributed by atoms with Crippen molar-refractivity contribution in [3.05, 3.63) is 80.8 Å². The van der Waals surface area contributed by atoms with Gasteiger partial charge < -0.3 is 19.8 Å². The Kier molecular flexibility index (Phi) is 5.06. The zero-order valence-electron chi connectivity index (χ0n) is 14.9. The highest BCUT2D eigenvalue weighted by atomic mass is 35.5. The topological polar surface area (TPSA) is 106 Å². The Morgan fingerprint density at radius 2 is 2.03 bits per heavy atom. The summed E-state index contributed by atoms with van der Waals surface area (Å²) in [5.74, 6) is -0.483. The fourth-order valence-corrected chi connectivity index (χ4v) is 3.33. The summed E-state index contributed by atoms with van der Waals surface area (Å²) in [6.07, 6.45) is 2.79. The Labute approximate surface area is 178 Å². The molecule has 9 nitrogen and oxygen atoms in total. The van der Waals surface area contributed by atoms with Crippen molar-refractivity contribution in [2.75, 3.05) is 4.90 Å². The molecule has 152 valence electrons. The van der Waals surface area contributed by atoms with E-state index < -0.39 is 22.5 Å². The van der Waals surface area contributed by atoms with Crippen LogP contribution in [-0.4, -0.2) is 25.7 Å². The molecule has 1 N–H and O–H groups in total. The highest BCUT2D eigenvalue weighted by Crippen LogP contribution is 2.24. The van der Waals surface area contributed by atoms with Crippen molar-refractivity contribution < 1.29 is 18.5 Å². The molecule has 1 saturated heterocycles. The molecule has 3 heterocycles. The van der Waals surface area contributed by atoms with Crippen LogP contribution in [0.5, 0.6) is 0 Å². The van der Waals surface area contributed by atoms with E-state index in [0.29, 0.717) is 17.2 Å². The second kappa shape index (κ2) is 7.69. The van der Waals surface area contributed by atoms with E-state index in [4.69, 9.17) is 28.2 Å². The van der Waals surface area contributed by atoms with Crippen LogP contribution < -0.4 is 10.2 Å². The van der Waals surface area contributed by atoms with Crippen LogP contribution in [0.15, 0.2) is 52.7 Å². The van der Waals surface area contributed by atoms with Gasteiger partial charge in [0, 0.05) is 6.08 Å². The van der Waals surface area contributed by atoms with Gasteiger partial charge in [0.25, 0.3) is 5.91 Å². The van der Waals surface area contributed by atoms with E-state index in [1.165, 1.54) is 46.1 Å². The van der Waals surface area contributed by atoms with Gasteiger partial charge in [-0.1, -0.05) is 11.6 Å². The first-order chi connectivity index (χ1) is 14.3. The molecular formula is C18H11ClFN5O4S. The van der Waals surface area contributed by atoms with Crippen molar-refractivity contribution in [1.29, 1.82) is 0 Å². The van der Waals surface area contributed by atoms with Crippen molar-refractivity contribution in [1.82, 2.24) is 15.1 Å². The highest BCUT2D eigenvalue weighted by molar-refractivity contribution is 7.80. The minimum absolute atomic E-state index is 0.0796. The van der Waals surface area contributed by atoms with E-state index in [0.717, 1.165) is 0 Å². The van der Waals surface area contributed by atoms with E-state index in [1.54, 1.807) is 12.1 Å². The van der Waals surface area contributed by atoms with E-state index in [1.807, 2.05) is 0 Å². The summed E-state index contributed by atoms with van der Waals surface area (Å²) >= 11 is 11.0. The van der Waals surface area contributed by atoms with Crippen molar-refractivity contribution in [2.24, 2.45) is 0 Å². The number of amides is 1. The van der Waals surface area contributed by atoms with Crippen LogP contribution in [0.25, 0.3) is 6.08 Å². The maximum Gasteiger partial charge on any atom is 0.408 e. The van der Waals surface area contributed by atoms with Gasteiger partial charge in [0.2, 0.25) is 0 Å². The molecule has 1 aliphatic rings. The second-order valence-electron chi connectivity index (χ2n) is 6.16. The first-order valence-electron chi connectivity index (χ1n) is 8.40. The number of nitrogens with one attached hydrogen (secondary N) is 1. The van der Waals surface area contributed by atoms with Gasteiger partial charge in [0.15, 0.2) is 10.1 Å². The Morgan fingerprint density at radius 1 is 1.30 bits per heavy atom. The van der Waals surface area contributed by atoms with Crippen LogP contribution in [0.3, 0.4) is 0 Å². The van der Waals surface area contributed by atoms with Crippen LogP contribution >= 0.6 is 23.8 Å². The summed E-state index contributed by atoms with van der Waals surface area (Å²) in [6.45, 7) is 0.109. The normalized spacial score (nSPS) is 15.1. The van der Waals surface area contributed by atoms with Gasteiger partial charge in [0.1, 0.15) is 29.6 Å². The molecule has 0 radical (unpaired) electrons. The van der Waals surface area contributed by atoms with Gasteiger partial charge >= 0.3 is 5.82 Å². The number of carbonyl (C=O) groups is 1. The predicted molar refractivity (Wildman–Crippen MR) is 109 cm³/mol. The van der Waals surface area contributed by atoms with Crippen molar-refractivity contribution in [3.8, 4) is 0 Å². The smallest absolute Gasteiger partial charge is 0.408 e. The van der Waals surface area contributed by atoms with Gasteiger partial charge in [-0.2, -0.15) is 4.68 Å². The standard InChI is InChI=1S/C18H11ClFN5O4S/c19-14-9-23(22-16(14)25(27)28)8-13-6-5-12(29-13)7-15-17(26)24(18(30)21-15)11-3-1-10(20)2-4-11/h1-7,9H,8H2,(H,21,30)/b15-7+. The molecule has 2 aromatic heterocycles. The fourth-order valence-electron chi connectivity index (χ4n) is 2.81. The number of nitro groups is 1. The molecule has 0 spiro atoms. The fraction of sp³-hybridized carbons (Fsp3) is 0.0556. The Balaban J connectivity index is 1.52. The molecule has 12 heteroatoms. The average molecular weight is 448 g/mol. The van der Waals surface area contributed by atoms with Crippen molar-refractivity contribution >= 4 is 52.4 Å². The molecule has 3 aromatic rings. The van der Waals surface area contributed by atoms with E-state index >= 15 is 0 Å². The molecule has 1 fully saturated rings. The first kappa shape index (κ1) is 19.7. The van der Waals surface area contributed by atoms with E-state index in [-0.39, 0.29) is 22.4 Å². The molecule has 0 saturated carbocycles. The second-order valence-corrected chi connectivity index (χ2v) is 6.96. The lowest BCUT2D eigenvalue weighted by molar-refractivity contribution is -0.389. The molecule has 1 amide bonds. The lowest BCUT2D eigenvalue weighted by Crippen LogP contribution is -2.30. The SMILES string of the molecule is O=C1/C(=C\c2ccc(Cn3cc(Cl)c([N+](=O)[O-])n3)o2)NC(=S)N1c1ccc(F)cc1. The quantitative estimate of drug-likeness (QED) is 0.276. The van der Waals surface area contributed by atoms with Crippen molar-refractivity contribution in [2.45, 2.75) is 6.54 Å². The van der Waals surface area contributed by atoms with Gasteiger partial charge in [-0.05, 0) is 53.5 Å². The Bertz CT molecular complexity index is 1200. The zero-order valence-corrected chi connectivity index (χ0v) is 16.5. The van der Waals surface area contributed by atoms with Crippen molar-refractivity contribution in [3.63, 3.8) is 0 Å². The number of anilines is 1. The van der Waals surface area contributed by atoms with E-state index in [9.17, 15) is 19.3 Å². The molecule has 30 heavy (non-hydrogen) atoms. The molecule has 0 aliphatic carbocycles. The lowest BCUT2D eigenvalue weighted by Gasteiger charge is -2.13. The number of thiocarbonyl (C=S) groups is 1. The van der Waals surface area contributed by atoms with Crippen LogP contribution in [-0.2, 0) is 11.3 Å². The number of halogens is 2. The summed E-state index contributed by atoms with van der Waals surface area (Å²) in [4.78, 5) is 24.1. The third-order valence-corrected chi connectivity index (χ3v) is 4.67. The number of furan rings is 1. The molecule has 0 atom stereocenters. The summed E-state index contributed by atoms with van der Waals surface area (Å²) < 4.78 is 20.1. The Morgan fingerprint density at radius 3 is 2.70 bits per heavy atom. The number of hydrogen-bond donors (Lipinski definition) is 1. The number of nitrogens with zero attached hydrogens (tertiary/aromatic N) is 4. The zero-order chi connectivity index (χ0) is 21.4. The number of carbonyl (C=O) groups excluding carboxylic acids is 1. The predicted octanol–water partition coefficient (Wildman–Crippen LogP) is 3.49. The summed E-state index contributed by atoms with van der Waals surface area (Å²) in [6, 6.07) is 8.63. The number of rotatable bonds is 5. The van der Waals surface area contributed by atoms with Gasteiger partial charge in [0.05, 0.1) is 17.0 Å². The molecule has 1 aromatic carbocycles. The van der Waals surface area contributed by atoms with Crippen LogP contribution in [0, 0.1) is 15.9 Å². The number of benzene rings is 1. The monoisotopic (exact) mass is 447 g/mol. The molecular weight excluding hydrogens is 437 g/mol. The van der Waals surface area contributed by atoms with Gasteiger partial charge in [-0.15, -0.1) is 0 Å². The highest BCUT2D eigenvalue weighted by Gasteiger charge is 2.32. The molecule has 1 aliphatic heterocycles. The van der Waals surface area contributed by atoms with Gasteiger partial charge in [-0.25, -0.2) is 4.39 Å². The number of aromatic nitrogens is 2. The molecule has 0 unspecified atom stereocenters. The van der Waals surface area contributed by atoms with Gasteiger partial charge in [-0.3, -0.25) is 9.69 Å². The molecule has 4 rings (SSSR count). The Hall–Kier alpha value is -3.57. The maximum atomic E-state index is 13.1. The summed E-state index contributed by atoms with van der Waals surface area (Å²) in [5.41, 5.74) is 0.614. The lowest BCUT2D eigenvalue weighted by atomic mass is 10.2. The van der Waals surface area contributed by atoms with Crippen LogP contribution in [0.1, 0.15) is 11.5 Å². The van der Waals surface area contributed by atoms with E-state index in [2.05, 4.69) is 10.4 Å². The molecule has 0 bridgehead atoms. The largest absolute Gasteiger partial charge is 0.460 e. The maximum absolute atomic E-state index is 13.1. The summed E-state index contributed by atoms with van der Waals surface area (Å²) in [7, 11) is 0. The third kappa shape index (κ3) is 3.80. The minimum atomic E-state index is -0.677. The van der Waals surface area contributed by atoms with Crippen LogP contribution in [0.2, 0.25) is 5.02 Å².